The lowest BCUT2D eigenvalue weighted by Crippen LogP contribution is -2.00. The van der Waals surface area contributed by atoms with Crippen LogP contribution in [0.2, 0.25) is 5.02 Å². The first kappa shape index (κ1) is 13.3. The molecule has 100 valence electrons. The molecule has 3 rings (SSSR count). The maximum Gasteiger partial charge on any atom is 0.229 e. The van der Waals surface area contributed by atoms with Gasteiger partial charge in [-0.25, -0.2) is 4.39 Å². The van der Waals surface area contributed by atoms with E-state index in [1.54, 1.807) is 18.2 Å². The molecular formula is C15H7BrClFO2. The minimum Gasteiger partial charge on any atom is -0.453 e. The van der Waals surface area contributed by atoms with Crippen molar-refractivity contribution >= 4 is 44.3 Å². The first-order valence-corrected chi connectivity index (χ1v) is 6.90. The van der Waals surface area contributed by atoms with Crippen LogP contribution in [0.5, 0.6) is 0 Å². The number of rotatable bonds is 2. The van der Waals surface area contributed by atoms with Crippen LogP contribution in [0, 0.1) is 5.82 Å². The molecule has 0 radical (unpaired) electrons. The van der Waals surface area contributed by atoms with Gasteiger partial charge in [-0.1, -0.05) is 11.6 Å². The van der Waals surface area contributed by atoms with Crippen molar-refractivity contribution in [2.45, 2.75) is 0 Å². The Labute approximate surface area is 127 Å². The van der Waals surface area contributed by atoms with Crippen molar-refractivity contribution in [3.63, 3.8) is 0 Å². The molecule has 2 aromatic carbocycles. The van der Waals surface area contributed by atoms with Crippen LogP contribution in [-0.4, -0.2) is 5.78 Å². The van der Waals surface area contributed by atoms with Crippen molar-refractivity contribution in [2.75, 3.05) is 0 Å². The van der Waals surface area contributed by atoms with E-state index in [1.165, 1.54) is 24.3 Å². The summed E-state index contributed by atoms with van der Waals surface area (Å²) in [5, 5.41) is 1.08. The lowest BCUT2D eigenvalue weighted by atomic mass is 10.1. The van der Waals surface area contributed by atoms with Crippen LogP contribution in [-0.2, 0) is 0 Å². The number of carbonyl (C=O) groups excluding carboxylic acids is 1. The Kier molecular flexibility index (Phi) is 3.36. The van der Waals surface area contributed by atoms with Gasteiger partial charge in [0.05, 0.1) is 0 Å². The topological polar surface area (TPSA) is 30.2 Å². The van der Waals surface area contributed by atoms with E-state index in [4.69, 9.17) is 16.0 Å². The summed E-state index contributed by atoms with van der Waals surface area (Å²) in [5.41, 5.74) is 0.911. The number of carbonyl (C=O) groups is 1. The maximum absolute atomic E-state index is 13.1. The van der Waals surface area contributed by atoms with E-state index in [0.29, 0.717) is 26.0 Å². The van der Waals surface area contributed by atoms with E-state index < -0.39 is 0 Å². The summed E-state index contributed by atoms with van der Waals surface area (Å²) >= 11 is 9.14. The minimum atomic E-state index is -0.370. The second-order valence-electron chi connectivity index (χ2n) is 4.25. The SMILES string of the molecule is O=C(c1cc2cc(F)ccc2o1)c1ccc(Cl)cc1Br. The highest BCUT2D eigenvalue weighted by atomic mass is 79.9. The standard InChI is InChI=1S/C15H7BrClFO2/c16-12-7-9(17)1-3-11(12)15(19)14-6-8-5-10(18)2-4-13(8)20-14/h1-7H. The summed E-state index contributed by atoms with van der Waals surface area (Å²) in [5.74, 6) is -0.497. The Morgan fingerprint density at radius 1 is 1.15 bits per heavy atom. The van der Waals surface area contributed by atoms with E-state index in [9.17, 15) is 9.18 Å². The Hall–Kier alpha value is -1.65. The molecule has 0 atom stereocenters. The molecule has 0 fully saturated rings. The predicted molar refractivity (Wildman–Crippen MR) is 78.8 cm³/mol. The van der Waals surface area contributed by atoms with Gasteiger partial charge in [-0.05, 0) is 58.4 Å². The van der Waals surface area contributed by atoms with E-state index in [1.807, 2.05) is 0 Å². The van der Waals surface area contributed by atoms with Crippen molar-refractivity contribution in [1.29, 1.82) is 0 Å². The minimum absolute atomic E-state index is 0.161. The fourth-order valence-corrected chi connectivity index (χ4v) is 2.80. The second kappa shape index (κ2) is 5.04. The Morgan fingerprint density at radius 3 is 2.70 bits per heavy atom. The summed E-state index contributed by atoms with van der Waals surface area (Å²) in [6.07, 6.45) is 0. The monoisotopic (exact) mass is 352 g/mol. The summed E-state index contributed by atoms with van der Waals surface area (Å²) < 4.78 is 19.2. The molecule has 0 saturated carbocycles. The molecule has 0 N–H and O–H groups in total. The van der Waals surface area contributed by atoms with Crippen LogP contribution in [0.3, 0.4) is 0 Å². The highest BCUT2D eigenvalue weighted by Gasteiger charge is 2.17. The molecule has 0 unspecified atom stereocenters. The molecule has 0 spiro atoms. The van der Waals surface area contributed by atoms with Gasteiger partial charge in [-0.2, -0.15) is 0 Å². The fraction of sp³-hybridized carbons (Fsp3) is 0. The van der Waals surface area contributed by atoms with Gasteiger partial charge in [0.1, 0.15) is 11.4 Å². The molecule has 20 heavy (non-hydrogen) atoms. The van der Waals surface area contributed by atoms with E-state index in [0.717, 1.165) is 0 Å². The quantitative estimate of drug-likeness (QED) is 0.591. The van der Waals surface area contributed by atoms with Crippen molar-refractivity contribution in [2.24, 2.45) is 0 Å². The van der Waals surface area contributed by atoms with E-state index in [-0.39, 0.29) is 17.4 Å². The van der Waals surface area contributed by atoms with Gasteiger partial charge in [-0.3, -0.25) is 4.79 Å². The van der Waals surface area contributed by atoms with Crippen LogP contribution in [0.15, 0.2) is 51.4 Å². The fourth-order valence-electron chi connectivity index (χ4n) is 1.93. The number of hydrogen-bond acceptors (Lipinski definition) is 2. The maximum atomic E-state index is 13.1. The van der Waals surface area contributed by atoms with Gasteiger partial charge in [-0.15, -0.1) is 0 Å². The second-order valence-corrected chi connectivity index (χ2v) is 5.54. The zero-order valence-corrected chi connectivity index (χ0v) is 12.3. The highest BCUT2D eigenvalue weighted by Crippen LogP contribution is 2.27. The number of ketones is 1. The van der Waals surface area contributed by atoms with Crippen molar-refractivity contribution < 1.29 is 13.6 Å². The highest BCUT2D eigenvalue weighted by molar-refractivity contribution is 9.10. The Balaban J connectivity index is 2.08. The van der Waals surface area contributed by atoms with E-state index in [2.05, 4.69) is 15.9 Å². The molecule has 0 aliphatic rings. The summed E-state index contributed by atoms with van der Waals surface area (Å²) in [4.78, 5) is 12.4. The zero-order valence-electron chi connectivity index (χ0n) is 9.99. The van der Waals surface area contributed by atoms with Gasteiger partial charge in [0, 0.05) is 20.4 Å². The van der Waals surface area contributed by atoms with Crippen molar-refractivity contribution in [3.05, 3.63) is 69.1 Å². The van der Waals surface area contributed by atoms with Crippen LogP contribution >= 0.6 is 27.5 Å². The van der Waals surface area contributed by atoms with Crippen LogP contribution in [0.4, 0.5) is 4.39 Å². The third-order valence-electron chi connectivity index (χ3n) is 2.88. The normalized spacial score (nSPS) is 10.9. The summed E-state index contributed by atoms with van der Waals surface area (Å²) in [6, 6.07) is 10.5. The molecule has 0 bridgehead atoms. The summed E-state index contributed by atoms with van der Waals surface area (Å²) in [7, 11) is 0. The third kappa shape index (κ3) is 2.37. The first-order valence-electron chi connectivity index (χ1n) is 5.73. The van der Waals surface area contributed by atoms with Gasteiger partial charge in [0.15, 0.2) is 5.76 Å². The number of furan rings is 1. The molecular weight excluding hydrogens is 347 g/mol. The molecule has 2 nitrogen and oxygen atoms in total. The average molecular weight is 354 g/mol. The largest absolute Gasteiger partial charge is 0.453 e. The molecule has 0 saturated heterocycles. The van der Waals surface area contributed by atoms with Gasteiger partial charge < -0.3 is 4.42 Å². The molecule has 1 aromatic heterocycles. The third-order valence-corrected chi connectivity index (χ3v) is 3.77. The van der Waals surface area contributed by atoms with Crippen LogP contribution < -0.4 is 0 Å². The lowest BCUT2D eigenvalue weighted by molar-refractivity contribution is 0.101. The number of halogens is 3. The van der Waals surface area contributed by atoms with Gasteiger partial charge >= 0.3 is 0 Å². The van der Waals surface area contributed by atoms with Gasteiger partial charge in [0.2, 0.25) is 5.78 Å². The predicted octanol–water partition coefficient (Wildman–Crippen LogP) is 5.22. The molecule has 1 heterocycles. The summed E-state index contributed by atoms with van der Waals surface area (Å²) in [6.45, 7) is 0. The smallest absolute Gasteiger partial charge is 0.229 e. The molecule has 5 heteroatoms. The molecule has 3 aromatic rings. The van der Waals surface area contributed by atoms with Crippen molar-refractivity contribution in [3.8, 4) is 0 Å². The van der Waals surface area contributed by atoms with E-state index >= 15 is 0 Å². The molecule has 0 aliphatic heterocycles. The molecule has 0 aliphatic carbocycles. The average Bonchev–Trinajstić information content (AvgIpc) is 2.81. The van der Waals surface area contributed by atoms with Gasteiger partial charge in [0.25, 0.3) is 0 Å². The Bertz CT molecular complexity index is 826. The number of fused-ring (bicyclic) bond motifs is 1. The van der Waals surface area contributed by atoms with Crippen molar-refractivity contribution in [1.82, 2.24) is 0 Å². The number of benzene rings is 2. The van der Waals surface area contributed by atoms with Crippen LogP contribution in [0.1, 0.15) is 16.1 Å². The lowest BCUT2D eigenvalue weighted by Gasteiger charge is -2.01. The zero-order chi connectivity index (χ0) is 14.3. The Morgan fingerprint density at radius 2 is 1.95 bits per heavy atom. The molecule has 0 amide bonds. The number of hydrogen-bond donors (Lipinski definition) is 0. The first-order chi connectivity index (χ1) is 9.54. The van der Waals surface area contributed by atoms with Crippen LogP contribution in [0.25, 0.3) is 11.0 Å².